The third-order valence-electron chi connectivity index (χ3n) is 7.67. The predicted octanol–water partition coefficient (Wildman–Crippen LogP) is 4.10. The summed E-state index contributed by atoms with van der Waals surface area (Å²) >= 11 is 0. The quantitative estimate of drug-likeness (QED) is 0.572. The Hall–Kier alpha value is 0. The topological polar surface area (TPSA) is 0 Å². The van der Waals surface area contributed by atoms with Gasteiger partial charge in [0.1, 0.15) is 0 Å². The highest BCUT2D eigenvalue weighted by Gasteiger charge is 2.68. The lowest BCUT2D eigenvalue weighted by Gasteiger charge is -2.74. The van der Waals surface area contributed by atoms with Crippen LogP contribution in [-0.2, 0) is 0 Å². The van der Waals surface area contributed by atoms with Crippen molar-refractivity contribution in [2.75, 3.05) is 0 Å². The van der Waals surface area contributed by atoms with E-state index in [4.69, 9.17) is 0 Å². The molecular formula is C16H24. The van der Waals surface area contributed by atoms with Gasteiger partial charge in [-0.1, -0.05) is 13.8 Å². The van der Waals surface area contributed by atoms with Crippen LogP contribution in [0.5, 0.6) is 0 Å². The van der Waals surface area contributed by atoms with Crippen molar-refractivity contribution < 1.29 is 0 Å². The van der Waals surface area contributed by atoms with Gasteiger partial charge >= 0.3 is 0 Å². The lowest BCUT2D eigenvalue weighted by atomic mass is 9.31. The largest absolute Gasteiger partial charge is 0.0596 e. The molecule has 7 saturated carbocycles. The van der Waals surface area contributed by atoms with Crippen LogP contribution in [0.3, 0.4) is 0 Å². The second kappa shape index (κ2) is 2.27. The van der Waals surface area contributed by atoms with Crippen molar-refractivity contribution in [3.05, 3.63) is 0 Å². The summed E-state index contributed by atoms with van der Waals surface area (Å²) in [7, 11) is 0. The van der Waals surface area contributed by atoms with Crippen molar-refractivity contribution in [3.8, 4) is 0 Å². The molecule has 0 heterocycles. The molecule has 0 aromatic carbocycles. The van der Waals surface area contributed by atoms with E-state index in [9.17, 15) is 0 Å². The van der Waals surface area contributed by atoms with Crippen molar-refractivity contribution in [3.63, 3.8) is 0 Å². The lowest BCUT2D eigenvalue weighted by Crippen LogP contribution is -2.66. The molecule has 8 bridgehead atoms. The third kappa shape index (κ3) is 0.811. The molecule has 7 aliphatic carbocycles. The molecular weight excluding hydrogens is 192 g/mol. The van der Waals surface area contributed by atoms with Gasteiger partial charge in [-0.15, -0.1) is 0 Å². The Morgan fingerprint density at radius 3 is 0.875 bits per heavy atom. The van der Waals surface area contributed by atoms with Crippen molar-refractivity contribution in [1.29, 1.82) is 0 Å². The van der Waals surface area contributed by atoms with E-state index in [-0.39, 0.29) is 0 Å². The minimum absolute atomic E-state index is 0.786. The van der Waals surface area contributed by atoms with E-state index in [1.165, 1.54) is 35.5 Å². The first-order chi connectivity index (χ1) is 7.57. The van der Waals surface area contributed by atoms with Gasteiger partial charge < -0.3 is 0 Å². The zero-order valence-corrected chi connectivity index (χ0v) is 10.7. The van der Waals surface area contributed by atoms with Crippen LogP contribution < -0.4 is 0 Å². The molecule has 7 rings (SSSR count). The fraction of sp³-hybridized carbons (Fsp3) is 1.00. The van der Waals surface area contributed by atoms with Gasteiger partial charge in [0.2, 0.25) is 0 Å². The molecule has 7 fully saturated rings. The van der Waals surface area contributed by atoms with E-state index in [0.29, 0.717) is 0 Å². The van der Waals surface area contributed by atoms with E-state index < -0.39 is 0 Å². The van der Waals surface area contributed by atoms with Crippen LogP contribution in [0.1, 0.15) is 52.4 Å². The summed E-state index contributed by atoms with van der Waals surface area (Å²) in [5.74, 6) is 7.04. The van der Waals surface area contributed by atoms with Crippen LogP contribution in [0.25, 0.3) is 0 Å². The smallest absolute Gasteiger partial charge is 0.0317 e. The standard InChI is InChI=1S/C16H24/c1-15-3-9-12-6-16(2)7-13(9)11(5-15)14(8-16)10(12)4-15/h9-14H,3-8H2,1-2H3. The summed E-state index contributed by atoms with van der Waals surface area (Å²) in [5.41, 5.74) is 1.57. The molecule has 0 radical (unpaired) electrons. The Morgan fingerprint density at radius 1 is 0.500 bits per heavy atom. The molecule has 16 heavy (non-hydrogen) atoms. The summed E-state index contributed by atoms with van der Waals surface area (Å²) in [6.45, 7) is 5.23. The molecule has 0 heteroatoms. The van der Waals surface area contributed by atoms with Crippen LogP contribution >= 0.6 is 0 Å². The van der Waals surface area contributed by atoms with Crippen LogP contribution in [0.15, 0.2) is 0 Å². The fourth-order valence-corrected chi connectivity index (χ4v) is 7.64. The molecule has 0 spiro atoms. The molecule has 0 aromatic rings. The Kier molecular flexibility index (Phi) is 1.28. The van der Waals surface area contributed by atoms with Crippen molar-refractivity contribution in [2.24, 2.45) is 46.3 Å². The van der Waals surface area contributed by atoms with Gasteiger partial charge in [-0.3, -0.25) is 0 Å². The molecule has 0 N–H and O–H groups in total. The molecule has 0 atom stereocenters. The molecule has 0 unspecified atom stereocenters. The normalized spacial score (nSPS) is 73.9. The number of hydrogen-bond acceptors (Lipinski definition) is 0. The van der Waals surface area contributed by atoms with E-state index >= 15 is 0 Å². The zero-order valence-electron chi connectivity index (χ0n) is 10.7. The summed E-state index contributed by atoms with van der Waals surface area (Å²) in [6.07, 6.45) is 9.66. The van der Waals surface area contributed by atoms with Crippen LogP contribution in [0, 0.1) is 46.3 Å². The monoisotopic (exact) mass is 216 g/mol. The number of hydrogen-bond donors (Lipinski definition) is 0. The Morgan fingerprint density at radius 2 is 0.688 bits per heavy atom. The highest BCUT2D eigenvalue weighted by Crippen LogP contribution is 2.76. The minimum atomic E-state index is 0.786. The Labute approximate surface area is 99.2 Å². The molecule has 0 nitrogen and oxygen atoms in total. The molecule has 0 amide bonds. The summed E-state index contributed by atoms with van der Waals surface area (Å²) in [5, 5.41) is 0. The first-order valence-corrected chi connectivity index (χ1v) is 7.57. The van der Waals surface area contributed by atoms with Crippen molar-refractivity contribution >= 4 is 0 Å². The predicted molar refractivity (Wildman–Crippen MR) is 64.9 cm³/mol. The second-order valence-electron chi connectivity index (χ2n) is 8.83. The van der Waals surface area contributed by atoms with Gasteiger partial charge in [0, 0.05) is 0 Å². The highest BCUT2D eigenvalue weighted by atomic mass is 14.7. The summed E-state index contributed by atoms with van der Waals surface area (Å²) in [4.78, 5) is 0. The van der Waals surface area contributed by atoms with Crippen LogP contribution in [0.4, 0.5) is 0 Å². The lowest BCUT2D eigenvalue weighted by molar-refractivity contribution is -0.249. The van der Waals surface area contributed by atoms with Gasteiger partial charge in [-0.05, 0) is 84.9 Å². The molecule has 0 saturated heterocycles. The van der Waals surface area contributed by atoms with Gasteiger partial charge in [-0.25, -0.2) is 0 Å². The second-order valence-corrected chi connectivity index (χ2v) is 8.83. The van der Waals surface area contributed by atoms with Gasteiger partial charge in [0.15, 0.2) is 0 Å². The van der Waals surface area contributed by atoms with Crippen LogP contribution in [-0.4, -0.2) is 0 Å². The van der Waals surface area contributed by atoms with E-state index in [1.807, 2.05) is 0 Å². The van der Waals surface area contributed by atoms with Gasteiger partial charge in [0.05, 0.1) is 0 Å². The minimum Gasteiger partial charge on any atom is -0.0596 e. The third-order valence-corrected chi connectivity index (χ3v) is 7.67. The van der Waals surface area contributed by atoms with E-state index in [1.54, 1.807) is 38.5 Å². The zero-order chi connectivity index (χ0) is 10.7. The van der Waals surface area contributed by atoms with Gasteiger partial charge in [-0.2, -0.15) is 0 Å². The maximum absolute atomic E-state index is 2.62. The van der Waals surface area contributed by atoms with E-state index in [0.717, 1.165) is 10.8 Å². The van der Waals surface area contributed by atoms with E-state index in [2.05, 4.69) is 13.8 Å². The SMILES string of the molecule is CC12CC3C4CC5(C)CC3C(C1)C(C5)C4C2. The summed E-state index contributed by atoms with van der Waals surface area (Å²) in [6, 6.07) is 0. The molecule has 88 valence electrons. The first-order valence-electron chi connectivity index (χ1n) is 7.57. The highest BCUT2D eigenvalue weighted by molar-refractivity contribution is 5.17. The maximum atomic E-state index is 2.62. The van der Waals surface area contributed by atoms with Crippen molar-refractivity contribution in [2.45, 2.75) is 52.4 Å². The van der Waals surface area contributed by atoms with Gasteiger partial charge in [0.25, 0.3) is 0 Å². The Balaban J connectivity index is 1.68. The molecule has 0 aliphatic heterocycles. The van der Waals surface area contributed by atoms with Crippen LogP contribution in [0.2, 0.25) is 0 Å². The Bertz CT molecular complexity index is 267. The summed E-state index contributed by atoms with van der Waals surface area (Å²) < 4.78 is 0. The molecule has 7 aliphatic rings. The fourth-order valence-electron chi connectivity index (χ4n) is 7.64. The number of rotatable bonds is 0. The first kappa shape index (κ1) is 9.00. The molecule has 0 aromatic heterocycles. The van der Waals surface area contributed by atoms with Crippen molar-refractivity contribution in [1.82, 2.24) is 0 Å². The average molecular weight is 216 g/mol. The maximum Gasteiger partial charge on any atom is -0.0317 e. The average Bonchev–Trinajstić information content (AvgIpc) is 2.22.